The van der Waals surface area contributed by atoms with Gasteiger partial charge in [-0.05, 0) is 55.3 Å². The van der Waals surface area contributed by atoms with Gasteiger partial charge < -0.3 is 5.32 Å². The van der Waals surface area contributed by atoms with Crippen LogP contribution < -0.4 is 5.32 Å². The number of nitrogens with one attached hydrogen (secondary N) is 1. The van der Waals surface area contributed by atoms with Crippen LogP contribution in [0.5, 0.6) is 0 Å². The summed E-state index contributed by atoms with van der Waals surface area (Å²) in [5.41, 5.74) is 4.54. The molecule has 104 valence electrons. The molecule has 0 radical (unpaired) electrons. The van der Waals surface area contributed by atoms with Crippen molar-refractivity contribution >= 4 is 0 Å². The van der Waals surface area contributed by atoms with Gasteiger partial charge in [0.2, 0.25) is 0 Å². The normalized spacial score (nSPS) is 19.4. The van der Waals surface area contributed by atoms with Gasteiger partial charge in [-0.2, -0.15) is 0 Å². The number of aryl methyl sites for hydroxylation is 1. The topological polar surface area (TPSA) is 12.0 Å². The van der Waals surface area contributed by atoms with Crippen LogP contribution in [0, 0.1) is 5.92 Å². The van der Waals surface area contributed by atoms with Crippen molar-refractivity contribution in [1.82, 2.24) is 5.32 Å². The molecule has 3 rings (SSSR count). The monoisotopic (exact) mass is 265 g/mol. The Labute approximate surface area is 122 Å². The van der Waals surface area contributed by atoms with Crippen LogP contribution >= 0.6 is 0 Å². The summed E-state index contributed by atoms with van der Waals surface area (Å²) in [6.45, 7) is 0. The predicted octanol–water partition coefficient (Wildman–Crippen LogP) is 3.62. The highest BCUT2D eigenvalue weighted by molar-refractivity contribution is 5.30. The molecule has 0 aliphatic heterocycles. The summed E-state index contributed by atoms with van der Waals surface area (Å²) in [5, 5.41) is 3.55. The van der Waals surface area contributed by atoms with Gasteiger partial charge in [-0.1, -0.05) is 54.6 Å². The Hall–Kier alpha value is -1.60. The van der Waals surface area contributed by atoms with Gasteiger partial charge in [-0.15, -0.1) is 0 Å². The number of benzene rings is 2. The van der Waals surface area contributed by atoms with E-state index in [4.69, 9.17) is 0 Å². The summed E-state index contributed by atoms with van der Waals surface area (Å²) in [7, 11) is 2.11. The van der Waals surface area contributed by atoms with Crippen LogP contribution in [0.25, 0.3) is 0 Å². The first-order valence-corrected chi connectivity index (χ1v) is 7.65. The Morgan fingerprint density at radius 2 is 1.70 bits per heavy atom. The second kappa shape index (κ2) is 6.23. The van der Waals surface area contributed by atoms with Crippen LogP contribution in [0.2, 0.25) is 0 Å². The minimum atomic E-state index is 0.575. The highest BCUT2D eigenvalue weighted by atomic mass is 14.9. The van der Waals surface area contributed by atoms with Crippen LogP contribution in [0.4, 0.5) is 0 Å². The lowest BCUT2D eigenvalue weighted by atomic mass is 9.78. The first kappa shape index (κ1) is 13.4. The SMILES string of the molecule is CNC(Cc1ccccc1)C1CCc2ccccc2C1. The van der Waals surface area contributed by atoms with Crippen molar-refractivity contribution in [2.75, 3.05) is 7.05 Å². The lowest BCUT2D eigenvalue weighted by molar-refractivity contribution is 0.333. The first-order chi connectivity index (χ1) is 9.86. The highest BCUT2D eigenvalue weighted by Crippen LogP contribution is 2.28. The molecule has 0 saturated carbocycles. The van der Waals surface area contributed by atoms with E-state index in [9.17, 15) is 0 Å². The zero-order valence-electron chi connectivity index (χ0n) is 12.2. The van der Waals surface area contributed by atoms with Crippen LogP contribution in [-0.4, -0.2) is 13.1 Å². The molecule has 1 nitrogen and oxygen atoms in total. The second-order valence-corrected chi connectivity index (χ2v) is 5.86. The molecule has 2 atom stereocenters. The third-order valence-electron chi connectivity index (χ3n) is 4.62. The van der Waals surface area contributed by atoms with E-state index >= 15 is 0 Å². The lowest BCUT2D eigenvalue weighted by Gasteiger charge is -2.31. The Balaban J connectivity index is 1.72. The molecule has 1 aliphatic rings. The maximum Gasteiger partial charge on any atom is 0.0136 e. The fraction of sp³-hybridized carbons (Fsp3) is 0.368. The van der Waals surface area contributed by atoms with E-state index < -0.39 is 0 Å². The van der Waals surface area contributed by atoms with E-state index in [1.165, 1.54) is 24.8 Å². The summed E-state index contributed by atoms with van der Waals surface area (Å²) >= 11 is 0. The highest BCUT2D eigenvalue weighted by Gasteiger charge is 2.25. The molecule has 1 heteroatoms. The Morgan fingerprint density at radius 1 is 1.00 bits per heavy atom. The quantitative estimate of drug-likeness (QED) is 0.890. The summed E-state index contributed by atoms with van der Waals surface area (Å²) in [6, 6.07) is 20.3. The van der Waals surface area contributed by atoms with Gasteiger partial charge in [0.1, 0.15) is 0 Å². The second-order valence-electron chi connectivity index (χ2n) is 5.86. The number of hydrogen-bond donors (Lipinski definition) is 1. The van der Waals surface area contributed by atoms with E-state index in [1.807, 2.05) is 0 Å². The standard InChI is InChI=1S/C19H23N/c1-20-19(13-15-7-3-2-4-8-15)18-12-11-16-9-5-6-10-17(16)14-18/h2-10,18-20H,11-14H2,1H3. The van der Waals surface area contributed by atoms with Crippen molar-refractivity contribution in [3.63, 3.8) is 0 Å². The van der Waals surface area contributed by atoms with Crippen molar-refractivity contribution < 1.29 is 0 Å². The van der Waals surface area contributed by atoms with E-state index in [2.05, 4.69) is 67.0 Å². The van der Waals surface area contributed by atoms with Crippen LogP contribution in [0.3, 0.4) is 0 Å². The van der Waals surface area contributed by atoms with Crippen molar-refractivity contribution in [3.8, 4) is 0 Å². The molecule has 0 heterocycles. The molecule has 0 aromatic heterocycles. The van der Waals surface area contributed by atoms with Crippen molar-refractivity contribution in [1.29, 1.82) is 0 Å². The number of likely N-dealkylation sites (N-methyl/N-ethyl adjacent to an activating group) is 1. The van der Waals surface area contributed by atoms with Gasteiger partial charge in [-0.25, -0.2) is 0 Å². The first-order valence-electron chi connectivity index (χ1n) is 7.65. The summed E-state index contributed by atoms with van der Waals surface area (Å²) in [5.74, 6) is 0.745. The van der Waals surface area contributed by atoms with E-state index in [0.717, 1.165) is 12.3 Å². The number of hydrogen-bond acceptors (Lipinski definition) is 1. The molecule has 2 aromatic rings. The fourth-order valence-electron chi connectivity index (χ4n) is 3.44. The van der Waals surface area contributed by atoms with Gasteiger partial charge in [0, 0.05) is 6.04 Å². The Bertz CT molecular complexity index is 547. The van der Waals surface area contributed by atoms with Crippen LogP contribution in [0.1, 0.15) is 23.1 Å². The van der Waals surface area contributed by atoms with Crippen molar-refractivity contribution in [2.24, 2.45) is 5.92 Å². The lowest BCUT2D eigenvalue weighted by Crippen LogP contribution is -2.38. The van der Waals surface area contributed by atoms with Gasteiger partial charge in [0.15, 0.2) is 0 Å². The molecule has 0 spiro atoms. The fourth-order valence-corrected chi connectivity index (χ4v) is 3.44. The van der Waals surface area contributed by atoms with Gasteiger partial charge in [-0.3, -0.25) is 0 Å². The molecular formula is C19H23N. The molecule has 20 heavy (non-hydrogen) atoms. The average molecular weight is 265 g/mol. The predicted molar refractivity (Wildman–Crippen MR) is 85.0 cm³/mol. The molecular weight excluding hydrogens is 242 g/mol. The summed E-state index contributed by atoms with van der Waals surface area (Å²) < 4.78 is 0. The zero-order chi connectivity index (χ0) is 13.8. The largest absolute Gasteiger partial charge is 0.316 e. The zero-order valence-corrected chi connectivity index (χ0v) is 12.2. The van der Waals surface area contributed by atoms with Crippen molar-refractivity contribution in [2.45, 2.75) is 31.7 Å². The van der Waals surface area contributed by atoms with E-state index in [1.54, 1.807) is 11.1 Å². The maximum atomic E-state index is 3.55. The van der Waals surface area contributed by atoms with Gasteiger partial charge in [0.25, 0.3) is 0 Å². The van der Waals surface area contributed by atoms with Crippen molar-refractivity contribution in [3.05, 3.63) is 71.3 Å². The molecule has 0 fully saturated rings. The third kappa shape index (κ3) is 2.94. The van der Waals surface area contributed by atoms with Gasteiger partial charge in [0.05, 0.1) is 0 Å². The van der Waals surface area contributed by atoms with Gasteiger partial charge >= 0.3 is 0 Å². The Kier molecular flexibility index (Phi) is 4.17. The molecule has 1 aliphatic carbocycles. The smallest absolute Gasteiger partial charge is 0.0136 e. The maximum absolute atomic E-state index is 3.55. The molecule has 0 saturated heterocycles. The molecule has 2 aromatic carbocycles. The van der Waals surface area contributed by atoms with Crippen LogP contribution in [0.15, 0.2) is 54.6 Å². The third-order valence-corrected chi connectivity index (χ3v) is 4.62. The van der Waals surface area contributed by atoms with E-state index in [0.29, 0.717) is 6.04 Å². The molecule has 0 bridgehead atoms. The van der Waals surface area contributed by atoms with Crippen LogP contribution in [-0.2, 0) is 19.3 Å². The van der Waals surface area contributed by atoms with E-state index in [-0.39, 0.29) is 0 Å². The minimum absolute atomic E-state index is 0.575. The summed E-state index contributed by atoms with van der Waals surface area (Å²) in [4.78, 5) is 0. The average Bonchev–Trinajstić information content (AvgIpc) is 2.53. The molecule has 2 unspecified atom stereocenters. The number of rotatable bonds is 4. The minimum Gasteiger partial charge on any atom is -0.316 e. The molecule has 1 N–H and O–H groups in total. The Morgan fingerprint density at radius 3 is 2.45 bits per heavy atom. The summed E-state index contributed by atoms with van der Waals surface area (Å²) in [6.07, 6.45) is 4.88. The number of fused-ring (bicyclic) bond motifs is 1. The molecule has 0 amide bonds.